The molecule has 31 heavy (non-hydrogen) atoms. The molecule has 7 heteroatoms. The van der Waals surface area contributed by atoms with E-state index in [9.17, 15) is 9.59 Å². The lowest BCUT2D eigenvalue weighted by Crippen LogP contribution is -2.48. The average Bonchev–Trinajstić information content (AvgIpc) is 3.12. The SMILES string of the molecule is CN(C)C(=O)C1CCC(C)(COCC2(C)CCC(C(=O)N(C)C)C2(C)CI)C1(C)CI. The average molecular weight is 660 g/mol. The number of rotatable bonds is 8. The molecule has 0 spiro atoms. The molecule has 0 N–H and O–H groups in total. The number of ether oxygens (including phenoxy) is 1. The number of nitrogens with zero attached hydrogens (tertiary/aromatic N) is 2. The van der Waals surface area contributed by atoms with Crippen molar-refractivity contribution in [1.29, 1.82) is 0 Å². The van der Waals surface area contributed by atoms with E-state index in [2.05, 4.69) is 72.9 Å². The second kappa shape index (κ2) is 9.92. The molecule has 5 nitrogen and oxygen atoms in total. The Hall–Kier alpha value is 0.360. The molecule has 0 heterocycles. The Bertz CT molecular complexity index is 632. The van der Waals surface area contributed by atoms with Crippen molar-refractivity contribution >= 4 is 57.0 Å². The van der Waals surface area contributed by atoms with Crippen LogP contribution in [0.3, 0.4) is 0 Å². The van der Waals surface area contributed by atoms with Gasteiger partial charge < -0.3 is 14.5 Å². The van der Waals surface area contributed by atoms with Crippen LogP contribution >= 0.6 is 45.2 Å². The van der Waals surface area contributed by atoms with Crippen LogP contribution in [0.1, 0.15) is 53.4 Å². The Labute approximate surface area is 217 Å². The second-order valence-electron chi connectivity index (χ2n) is 11.4. The Morgan fingerprint density at radius 3 is 1.35 bits per heavy atom. The van der Waals surface area contributed by atoms with E-state index in [0.29, 0.717) is 13.2 Å². The van der Waals surface area contributed by atoms with Crippen molar-refractivity contribution < 1.29 is 14.3 Å². The fourth-order valence-corrected chi connectivity index (χ4v) is 8.78. The monoisotopic (exact) mass is 660 g/mol. The summed E-state index contributed by atoms with van der Waals surface area (Å²) in [5.74, 6) is 0.592. The van der Waals surface area contributed by atoms with Gasteiger partial charge >= 0.3 is 0 Å². The summed E-state index contributed by atoms with van der Waals surface area (Å²) in [6.45, 7) is 10.5. The summed E-state index contributed by atoms with van der Waals surface area (Å²) in [7, 11) is 7.44. The van der Waals surface area contributed by atoms with Gasteiger partial charge in [0.05, 0.1) is 13.2 Å². The van der Waals surface area contributed by atoms with Gasteiger partial charge in [0.25, 0.3) is 0 Å². The highest BCUT2D eigenvalue weighted by molar-refractivity contribution is 14.1. The van der Waals surface area contributed by atoms with E-state index in [1.165, 1.54) is 0 Å². The van der Waals surface area contributed by atoms with E-state index >= 15 is 0 Å². The lowest BCUT2D eigenvalue weighted by Gasteiger charge is -2.46. The number of carbonyl (C=O) groups is 2. The third-order valence-corrected chi connectivity index (χ3v) is 12.3. The number of alkyl halides is 2. The van der Waals surface area contributed by atoms with Gasteiger partial charge in [-0.3, -0.25) is 9.59 Å². The van der Waals surface area contributed by atoms with Crippen LogP contribution in [0.5, 0.6) is 0 Å². The fraction of sp³-hybridized carbons (Fsp3) is 0.917. The van der Waals surface area contributed by atoms with Gasteiger partial charge in [0.2, 0.25) is 11.8 Å². The van der Waals surface area contributed by atoms with E-state index in [0.717, 1.165) is 34.5 Å². The van der Waals surface area contributed by atoms with E-state index in [-0.39, 0.29) is 45.3 Å². The van der Waals surface area contributed by atoms with Gasteiger partial charge in [-0.2, -0.15) is 0 Å². The molecule has 0 aliphatic heterocycles. The lowest BCUT2D eigenvalue weighted by molar-refractivity contribution is -0.139. The number of halogens is 2. The van der Waals surface area contributed by atoms with Crippen LogP contribution in [0.4, 0.5) is 0 Å². The van der Waals surface area contributed by atoms with Crippen molar-refractivity contribution in [2.24, 2.45) is 33.5 Å². The highest BCUT2D eigenvalue weighted by atomic mass is 127. The lowest BCUT2D eigenvalue weighted by atomic mass is 9.65. The number of hydrogen-bond donors (Lipinski definition) is 0. The third-order valence-electron chi connectivity index (χ3n) is 9.14. The second-order valence-corrected chi connectivity index (χ2v) is 12.9. The fourth-order valence-electron chi connectivity index (χ4n) is 5.88. The maximum absolute atomic E-state index is 12.9. The van der Waals surface area contributed by atoms with Crippen LogP contribution in [0.2, 0.25) is 0 Å². The van der Waals surface area contributed by atoms with Crippen molar-refractivity contribution in [3.63, 3.8) is 0 Å². The zero-order chi connectivity index (χ0) is 23.8. The molecule has 6 atom stereocenters. The maximum Gasteiger partial charge on any atom is 0.225 e. The van der Waals surface area contributed by atoms with Crippen molar-refractivity contribution in [1.82, 2.24) is 9.80 Å². The van der Waals surface area contributed by atoms with Crippen molar-refractivity contribution in [2.45, 2.75) is 53.4 Å². The number of amides is 2. The summed E-state index contributed by atoms with van der Waals surface area (Å²) in [4.78, 5) is 29.2. The van der Waals surface area contributed by atoms with Gasteiger partial charge in [0, 0.05) is 48.9 Å². The smallest absolute Gasteiger partial charge is 0.225 e. The standard InChI is InChI=1S/C24H42I2N2O3/c1-21(11-9-17(19(29)27(5)6)23(21,3)13-25)15-31-16-22(2)12-10-18(20(30)28(7)8)24(22,4)14-26/h17-18H,9-16H2,1-8H3. The number of hydrogen-bond acceptors (Lipinski definition) is 3. The Morgan fingerprint density at radius 1 is 0.774 bits per heavy atom. The summed E-state index contributed by atoms with van der Waals surface area (Å²) >= 11 is 4.91. The summed E-state index contributed by atoms with van der Waals surface area (Å²) < 4.78 is 8.41. The van der Waals surface area contributed by atoms with E-state index < -0.39 is 0 Å². The largest absolute Gasteiger partial charge is 0.380 e. The van der Waals surface area contributed by atoms with Crippen LogP contribution in [0.25, 0.3) is 0 Å². The third kappa shape index (κ3) is 4.66. The van der Waals surface area contributed by atoms with Gasteiger partial charge in [-0.15, -0.1) is 0 Å². The summed E-state index contributed by atoms with van der Waals surface area (Å²) in [5, 5.41) is 0. The molecule has 2 amide bonds. The molecule has 0 aromatic carbocycles. The molecule has 0 saturated heterocycles. The predicted octanol–water partition coefficient (Wildman–Crippen LogP) is 4.89. The van der Waals surface area contributed by atoms with Crippen LogP contribution in [0.15, 0.2) is 0 Å². The normalized spacial score (nSPS) is 40.2. The Balaban J connectivity index is 2.14. The van der Waals surface area contributed by atoms with Crippen LogP contribution in [0, 0.1) is 33.5 Å². The molecule has 2 aliphatic carbocycles. The van der Waals surface area contributed by atoms with Gasteiger partial charge in [0.1, 0.15) is 0 Å². The van der Waals surface area contributed by atoms with E-state index in [1.807, 2.05) is 28.2 Å². The van der Waals surface area contributed by atoms with Gasteiger partial charge in [-0.05, 0) is 47.3 Å². The van der Waals surface area contributed by atoms with Crippen molar-refractivity contribution in [3.05, 3.63) is 0 Å². The Morgan fingerprint density at radius 2 is 1.10 bits per heavy atom. The minimum Gasteiger partial charge on any atom is -0.380 e. The first-order valence-corrected chi connectivity index (χ1v) is 14.4. The molecule has 0 radical (unpaired) electrons. The molecule has 0 aromatic rings. The molecule has 2 saturated carbocycles. The minimum absolute atomic E-state index is 0.0287. The van der Waals surface area contributed by atoms with Crippen LogP contribution in [-0.2, 0) is 14.3 Å². The minimum atomic E-state index is -0.0819. The first-order chi connectivity index (χ1) is 14.2. The van der Waals surface area contributed by atoms with Gasteiger partial charge in [-0.25, -0.2) is 0 Å². The van der Waals surface area contributed by atoms with E-state index in [4.69, 9.17) is 4.74 Å². The van der Waals surface area contributed by atoms with Crippen LogP contribution < -0.4 is 0 Å². The van der Waals surface area contributed by atoms with Gasteiger partial charge in [-0.1, -0.05) is 72.9 Å². The number of carbonyl (C=O) groups excluding carboxylic acids is 2. The maximum atomic E-state index is 12.9. The molecule has 2 fully saturated rings. The molecular weight excluding hydrogens is 618 g/mol. The first kappa shape index (κ1) is 27.6. The Kier molecular flexibility index (Phi) is 8.83. The zero-order valence-electron chi connectivity index (χ0n) is 20.7. The molecule has 2 rings (SSSR count). The van der Waals surface area contributed by atoms with Crippen LogP contribution in [-0.4, -0.2) is 71.9 Å². The molecular formula is C24H42I2N2O3. The van der Waals surface area contributed by atoms with E-state index in [1.54, 1.807) is 9.80 Å². The van der Waals surface area contributed by atoms with Crippen molar-refractivity contribution in [2.75, 3.05) is 50.3 Å². The molecule has 0 aromatic heterocycles. The summed E-state index contributed by atoms with van der Waals surface area (Å²) in [5.41, 5.74) is -0.221. The molecule has 6 unspecified atom stereocenters. The predicted molar refractivity (Wildman–Crippen MR) is 144 cm³/mol. The topological polar surface area (TPSA) is 49.9 Å². The van der Waals surface area contributed by atoms with Gasteiger partial charge in [0.15, 0.2) is 0 Å². The molecule has 180 valence electrons. The summed E-state index contributed by atoms with van der Waals surface area (Å²) in [6, 6.07) is 0. The molecule has 2 aliphatic rings. The summed E-state index contributed by atoms with van der Waals surface area (Å²) in [6.07, 6.45) is 3.88. The van der Waals surface area contributed by atoms with Crippen molar-refractivity contribution in [3.8, 4) is 0 Å². The quantitative estimate of drug-likeness (QED) is 0.275. The highest BCUT2D eigenvalue weighted by Crippen LogP contribution is 2.60. The first-order valence-electron chi connectivity index (χ1n) is 11.3. The molecule has 0 bridgehead atoms. The zero-order valence-corrected chi connectivity index (χ0v) is 25.0. The highest BCUT2D eigenvalue weighted by Gasteiger charge is 2.59.